The van der Waals surface area contributed by atoms with E-state index in [1.807, 2.05) is 62.4 Å². The van der Waals surface area contributed by atoms with E-state index in [2.05, 4.69) is 5.32 Å². The first kappa shape index (κ1) is 17.5. The molecule has 0 unspecified atom stereocenters. The summed E-state index contributed by atoms with van der Waals surface area (Å²) in [6.45, 7) is 4.38. The molecule has 0 radical (unpaired) electrons. The molecule has 0 bridgehead atoms. The van der Waals surface area contributed by atoms with E-state index in [4.69, 9.17) is 14.2 Å². The Labute approximate surface area is 147 Å². The number of aryl methyl sites for hydroxylation is 1. The predicted molar refractivity (Wildman–Crippen MR) is 95.6 cm³/mol. The van der Waals surface area contributed by atoms with E-state index >= 15 is 0 Å². The highest BCUT2D eigenvalue weighted by atomic mass is 16.7. The number of ether oxygens (including phenoxy) is 3. The third kappa shape index (κ3) is 3.83. The molecule has 2 aromatic carbocycles. The molecule has 0 atom stereocenters. The Morgan fingerprint density at radius 3 is 2.44 bits per heavy atom. The topological polar surface area (TPSA) is 56.8 Å². The Morgan fingerprint density at radius 1 is 1.16 bits per heavy atom. The fourth-order valence-electron chi connectivity index (χ4n) is 2.72. The van der Waals surface area contributed by atoms with Gasteiger partial charge in [0.15, 0.2) is 6.29 Å². The summed E-state index contributed by atoms with van der Waals surface area (Å²) in [6, 6.07) is 15.3. The maximum atomic E-state index is 12.7. The van der Waals surface area contributed by atoms with Gasteiger partial charge in [-0.05, 0) is 37.6 Å². The van der Waals surface area contributed by atoms with Gasteiger partial charge in [-0.3, -0.25) is 4.79 Å². The van der Waals surface area contributed by atoms with Crippen LogP contribution in [-0.2, 0) is 14.3 Å². The predicted octanol–water partition coefficient (Wildman–Crippen LogP) is 3.69. The number of hydrogen-bond acceptors (Lipinski definition) is 4. The first-order valence-corrected chi connectivity index (χ1v) is 8.26. The number of rotatable bonds is 4. The van der Waals surface area contributed by atoms with Crippen LogP contribution in [0.3, 0.4) is 0 Å². The molecule has 0 aromatic heterocycles. The van der Waals surface area contributed by atoms with E-state index < -0.39 is 11.7 Å². The lowest BCUT2D eigenvalue weighted by atomic mass is 9.90. The van der Waals surface area contributed by atoms with Gasteiger partial charge in [-0.25, -0.2) is 0 Å². The van der Waals surface area contributed by atoms with Crippen molar-refractivity contribution in [3.8, 4) is 5.75 Å². The van der Waals surface area contributed by atoms with Gasteiger partial charge in [-0.2, -0.15) is 0 Å². The molecule has 1 heterocycles. The molecule has 1 aliphatic rings. The fourth-order valence-corrected chi connectivity index (χ4v) is 2.72. The second-order valence-corrected chi connectivity index (χ2v) is 6.56. The SMILES string of the molecule is COc1ccc(NC(=O)C2(C)COC(c3ccccc3)OC2)c(C)c1. The van der Waals surface area contributed by atoms with Gasteiger partial charge < -0.3 is 19.5 Å². The van der Waals surface area contributed by atoms with Gasteiger partial charge in [-0.15, -0.1) is 0 Å². The van der Waals surface area contributed by atoms with E-state index in [0.29, 0.717) is 13.2 Å². The van der Waals surface area contributed by atoms with Crippen LogP contribution in [0.2, 0.25) is 0 Å². The second-order valence-electron chi connectivity index (χ2n) is 6.56. The Bertz CT molecular complexity index is 737. The molecule has 5 heteroatoms. The van der Waals surface area contributed by atoms with Crippen molar-refractivity contribution in [1.82, 2.24) is 0 Å². The minimum atomic E-state index is -0.738. The first-order valence-electron chi connectivity index (χ1n) is 8.26. The van der Waals surface area contributed by atoms with Crippen LogP contribution in [0.15, 0.2) is 48.5 Å². The molecule has 1 amide bonds. The molecule has 1 aliphatic heterocycles. The lowest BCUT2D eigenvalue weighted by Crippen LogP contribution is -2.45. The van der Waals surface area contributed by atoms with Crippen LogP contribution >= 0.6 is 0 Å². The molecule has 2 aromatic rings. The standard InChI is InChI=1S/C20H23NO4/c1-14-11-16(23-3)9-10-17(14)21-19(22)20(2)12-24-18(25-13-20)15-7-5-4-6-8-15/h4-11,18H,12-13H2,1-3H3,(H,21,22). The Kier molecular flexibility index (Phi) is 5.06. The normalized spacial score (nSPS) is 23.1. The van der Waals surface area contributed by atoms with Gasteiger partial charge >= 0.3 is 0 Å². The zero-order valence-corrected chi connectivity index (χ0v) is 14.7. The number of benzene rings is 2. The van der Waals surface area contributed by atoms with Gasteiger partial charge in [0, 0.05) is 11.3 Å². The number of nitrogens with one attached hydrogen (secondary N) is 1. The van der Waals surface area contributed by atoms with Crippen LogP contribution in [0.1, 0.15) is 24.3 Å². The number of carbonyl (C=O) groups is 1. The summed E-state index contributed by atoms with van der Waals surface area (Å²) in [7, 11) is 1.62. The van der Waals surface area contributed by atoms with Crippen LogP contribution in [0.4, 0.5) is 5.69 Å². The third-order valence-corrected chi connectivity index (χ3v) is 4.41. The average Bonchev–Trinajstić information content (AvgIpc) is 2.64. The van der Waals surface area contributed by atoms with Crippen molar-refractivity contribution in [2.24, 2.45) is 5.41 Å². The zero-order valence-electron chi connectivity index (χ0n) is 14.7. The van der Waals surface area contributed by atoms with Crippen molar-refractivity contribution < 1.29 is 19.0 Å². The largest absolute Gasteiger partial charge is 0.497 e. The monoisotopic (exact) mass is 341 g/mol. The van der Waals surface area contributed by atoms with Gasteiger partial charge in [0.1, 0.15) is 5.75 Å². The van der Waals surface area contributed by atoms with E-state index in [1.165, 1.54) is 0 Å². The highest BCUT2D eigenvalue weighted by molar-refractivity contribution is 5.96. The molecular formula is C20H23NO4. The summed E-state index contributed by atoms with van der Waals surface area (Å²) in [5, 5.41) is 2.97. The smallest absolute Gasteiger partial charge is 0.235 e. The summed E-state index contributed by atoms with van der Waals surface area (Å²) in [5.74, 6) is 0.643. The van der Waals surface area contributed by atoms with Crippen molar-refractivity contribution in [1.29, 1.82) is 0 Å². The summed E-state index contributed by atoms with van der Waals surface area (Å²) in [6.07, 6.45) is -0.426. The van der Waals surface area contributed by atoms with Gasteiger partial charge in [0.05, 0.1) is 25.7 Å². The molecule has 3 rings (SSSR count). The lowest BCUT2D eigenvalue weighted by Gasteiger charge is -2.36. The third-order valence-electron chi connectivity index (χ3n) is 4.41. The highest BCUT2D eigenvalue weighted by Gasteiger charge is 2.40. The van der Waals surface area contributed by atoms with E-state index in [1.54, 1.807) is 7.11 Å². The first-order chi connectivity index (χ1) is 12.0. The van der Waals surface area contributed by atoms with Crippen molar-refractivity contribution in [3.05, 3.63) is 59.7 Å². The van der Waals surface area contributed by atoms with E-state index in [9.17, 15) is 4.79 Å². The number of anilines is 1. The summed E-state index contributed by atoms with van der Waals surface area (Å²) >= 11 is 0. The summed E-state index contributed by atoms with van der Waals surface area (Å²) in [5.41, 5.74) is 1.92. The summed E-state index contributed by atoms with van der Waals surface area (Å²) < 4.78 is 16.8. The Morgan fingerprint density at radius 2 is 1.84 bits per heavy atom. The number of methoxy groups -OCH3 is 1. The number of amides is 1. The molecule has 1 N–H and O–H groups in total. The van der Waals surface area contributed by atoms with Crippen molar-refractivity contribution in [3.63, 3.8) is 0 Å². The second kappa shape index (κ2) is 7.25. The van der Waals surface area contributed by atoms with Crippen LogP contribution in [0, 0.1) is 12.3 Å². The van der Waals surface area contributed by atoms with Crippen molar-refractivity contribution in [2.45, 2.75) is 20.1 Å². The average molecular weight is 341 g/mol. The molecule has 0 saturated carbocycles. The van der Waals surface area contributed by atoms with Crippen LogP contribution in [-0.4, -0.2) is 26.2 Å². The van der Waals surface area contributed by atoms with Crippen LogP contribution < -0.4 is 10.1 Å². The molecule has 1 saturated heterocycles. The van der Waals surface area contributed by atoms with Crippen molar-refractivity contribution in [2.75, 3.05) is 25.6 Å². The Hall–Kier alpha value is -2.37. The minimum absolute atomic E-state index is 0.118. The van der Waals surface area contributed by atoms with Crippen molar-refractivity contribution >= 4 is 11.6 Å². The quantitative estimate of drug-likeness (QED) is 0.921. The van der Waals surface area contributed by atoms with E-state index in [0.717, 1.165) is 22.6 Å². The zero-order chi connectivity index (χ0) is 17.9. The molecule has 132 valence electrons. The molecule has 25 heavy (non-hydrogen) atoms. The molecular weight excluding hydrogens is 318 g/mol. The van der Waals surface area contributed by atoms with E-state index in [-0.39, 0.29) is 5.91 Å². The number of hydrogen-bond donors (Lipinski definition) is 1. The van der Waals surface area contributed by atoms with Crippen LogP contribution in [0.5, 0.6) is 5.75 Å². The highest BCUT2D eigenvalue weighted by Crippen LogP contribution is 2.33. The Balaban J connectivity index is 1.65. The summed E-state index contributed by atoms with van der Waals surface area (Å²) in [4.78, 5) is 12.7. The maximum Gasteiger partial charge on any atom is 0.235 e. The van der Waals surface area contributed by atoms with Crippen LogP contribution in [0.25, 0.3) is 0 Å². The maximum absolute atomic E-state index is 12.7. The molecule has 0 aliphatic carbocycles. The fraction of sp³-hybridized carbons (Fsp3) is 0.350. The van der Waals surface area contributed by atoms with Gasteiger partial charge in [-0.1, -0.05) is 30.3 Å². The lowest BCUT2D eigenvalue weighted by molar-refractivity contribution is -0.226. The molecule has 5 nitrogen and oxygen atoms in total. The molecule has 1 fully saturated rings. The van der Waals surface area contributed by atoms with Gasteiger partial charge in [0.25, 0.3) is 0 Å². The van der Waals surface area contributed by atoms with Gasteiger partial charge in [0.2, 0.25) is 5.91 Å². The number of carbonyl (C=O) groups excluding carboxylic acids is 1. The molecule has 0 spiro atoms. The minimum Gasteiger partial charge on any atom is -0.497 e.